The van der Waals surface area contributed by atoms with Crippen molar-refractivity contribution in [1.82, 2.24) is 5.32 Å². The van der Waals surface area contributed by atoms with Crippen LogP contribution in [0.2, 0.25) is 5.02 Å². The third-order valence-electron chi connectivity index (χ3n) is 6.98. The van der Waals surface area contributed by atoms with Crippen molar-refractivity contribution >= 4 is 33.4 Å². The van der Waals surface area contributed by atoms with Crippen molar-refractivity contribution in [2.45, 2.75) is 54.7 Å². The maximum absolute atomic E-state index is 13.3. The lowest BCUT2D eigenvalue weighted by Gasteiger charge is -2.27. The smallest absolute Gasteiger partial charge is 0.337 e. The number of carbonyl (C=O) groups is 2. The SMILES string of the molecule is COC(=O)c1ccc(-c2ccc(S(=O)(=O)c3ccc(CCNC(C(=O)OC(C)(C)C)[C@H](O)c4cccc(Cl)c4)cc3)cc2)cc1. The van der Waals surface area contributed by atoms with Gasteiger partial charge < -0.3 is 19.9 Å². The van der Waals surface area contributed by atoms with Gasteiger partial charge in [0.1, 0.15) is 17.7 Å². The van der Waals surface area contributed by atoms with E-state index < -0.39 is 39.5 Å². The second-order valence-corrected chi connectivity index (χ2v) is 13.8. The van der Waals surface area contributed by atoms with E-state index in [4.69, 9.17) is 21.1 Å². The van der Waals surface area contributed by atoms with E-state index in [9.17, 15) is 23.1 Å². The normalized spacial score (nSPS) is 13.1. The Morgan fingerprint density at radius 2 is 1.42 bits per heavy atom. The standard InChI is InChI=1S/C35H36ClNO7S/c1-35(2,3)44-34(40)31(32(38)27-6-5-7-28(36)22-27)37-21-20-23-8-16-29(17-9-23)45(41,42)30-18-14-25(15-19-30)24-10-12-26(13-11-24)33(39)43-4/h5-19,22,31-32,37-38H,20-21H2,1-4H3/t31?,32-/m1/s1. The lowest BCUT2D eigenvalue weighted by molar-refractivity contribution is -0.160. The van der Waals surface area contributed by atoms with Crippen LogP contribution in [0.5, 0.6) is 0 Å². The van der Waals surface area contributed by atoms with Gasteiger partial charge in [-0.2, -0.15) is 0 Å². The van der Waals surface area contributed by atoms with Gasteiger partial charge in [0.05, 0.1) is 22.5 Å². The number of benzene rings is 4. The highest BCUT2D eigenvalue weighted by Gasteiger charge is 2.32. The van der Waals surface area contributed by atoms with Gasteiger partial charge in [-0.1, -0.05) is 60.1 Å². The van der Waals surface area contributed by atoms with Crippen molar-refractivity contribution in [1.29, 1.82) is 0 Å². The van der Waals surface area contributed by atoms with Gasteiger partial charge in [0, 0.05) is 11.6 Å². The Kier molecular flexibility index (Phi) is 10.8. The molecule has 0 spiro atoms. The van der Waals surface area contributed by atoms with Crippen LogP contribution in [-0.2, 0) is 30.5 Å². The molecule has 0 saturated carbocycles. The third kappa shape index (κ3) is 8.79. The van der Waals surface area contributed by atoms with Gasteiger partial charge in [0.15, 0.2) is 0 Å². The molecule has 45 heavy (non-hydrogen) atoms. The van der Waals surface area contributed by atoms with Gasteiger partial charge in [0.25, 0.3) is 0 Å². The van der Waals surface area contributed by atoms with Crippen molar-refractivity contribution in [2.75, 3.05) is 13.7 Å². The molecular formula is C35H36ClNO7S. The minimum atomic E-state index is -3.77. The Morgan fingerprint density at radius 1 is 0.867 bits per heavy atom. The van der Waals surface area contributed by atoms with Crippen LogP contribution in [0, 0.1) is 0 Å². The molecule has 1 unspecified atom stereocenters. The zero-order chi connectivity index (χ0) is 32.8. The first kappa shape index (κ1) is 33.9. The van der Waals surface area contributed by atoms with E-state index in [-0.39, 0.29) is 9.79 Å². The van der Waals surface area contributed by atoms with Crippen LogP contribution in [0.15, 0.2) is 107 Å². The molecule has 0 amide bonds. The summed E-state index contributed by atoms with van der Waals surface area (Å²) in [4.78, 5) is 25.0. The monoisotopic (exact) mass is 649 g/mol. The van der Waals surface area contributed by atoms with Crippen LogP contribution in [0.4, 0.5) is 0 Å². The highest BCUT2D eigenvalue weighted by molar-refractivity contribution is 7.91. The minimum Gasteiger partial charge on any atom is -0.465 e. The molecule has 10 heteroatoms. The number of ether oxygens (including phenoxy) is 2. The largest absolute Gasteiger partial charge is 0.465 e. The third-order valence-corrected chi connectivity index (χ3v) is 9.00. The van der Waals surface area contributed by atoms with Crippen LogP contribution >= 0.6 is 11.6 Å². The number of sulfone groups is 1. The maximum Gasteiger partial charge on any atom is 0.337 e. The van der Waals surface area contributed by atoms with Gasteiger partial charge >= 0.3 is 11.9 Å². The predicted octanol–water partition coefficient (Wildman–Crippen LogP) is 6.20. The van der Waals surface area contributed by atoms with E-state index in [0.717, 1.165) is 16.7 Å². The summed E-state index contributed by atoms with van der Waals surface area (Å²) in [5.74, 6) is -1.02. The zero-order valence-corrected chi connectivity index (χ0v) is 27.1. The Morgan fingerprint density at radius 3 is 1.96 bits per heavy atom. The summed E-state index contributed by atoms with van der Waals surface area (Å²) in [6, 6.07) is 25.6. The number of hydrogen-bond acceptors (Lipinski definition) is 8. The fourth-order valence-electron chi connectivity index (χ4n) is 4.66. The number of aliphatic hydroxyl groups is 1. The van der Waals surface area contributed by atoms with Gasteiger partial charge in [-0.3, -0.25) is 4.79 Å². The number of rotatable bonds is 11. The molecule has 8 nitrogen and oxygen atoms in total. The molecule has 2 atom stereocenters. The molecule has 2 N–H and O–H groups in total. The number of nitrogens with one attached hydrogen (secondary N) is 1. The lowest BCUT2D eigenvalue weighted by atomic mass is 10.0. The number of esters is 2. The Bertz CT molecular complexity index is 1730. The first-order valence-electron chi connectivity index (χ1n) is 14.3. The number of hydrogen-bond donors (Lipinski definition) is 2. The van der Waals surface area contributed by atoms with E-state index in [1.54, 1.807) is 118 Å². The van der Waals surface area contributed by atoms with Gasteiger partial charge in [-0.15, -0.1) is 0 Å². The molecule has 0 fully saturated rings. The first-order valence-corrected chi connectivity index (χ1v) is 16.2. The van der Waals surface area contributed by atoms with Gasteiger partial charge in [0.2, 0.25) is 9.84 Å². The average molecular weight is 650 g/mol. The first-order chi connectivity index (χ1) is 21.3. The summed E-state index contributed by atoms with van der Waals surface area (Å²) in [6.45, 7) is 5.58. The van der Waals surface area contributed by atoms with E-state index in [2.05, 4.69) is 5.32 Å². The predicted molar refractivity (Wildman–Crippen MR) is 173 cm³/mol. The summed E-state index contributed by atoms with van der Waals surface area (Å²) >= 11 is 6.09. The Hall–Kier alpha value is -4.02. The van der Waals surface area contributed by atoms with Crippen molar-refractivity contribution in [3.05, 3.63) is 119 Å². The van der Waals surface area contributed by atoms with Crippen molar-refractivity contribution in [3.8, 4) is 11.1 Å². The second-order valence-electron chi connectivity index (χ2n) is 11.5. The fourth-order valence-corrected chi connectivity index (χ4v) is 6.12. The molecule has 0 aliphatic rings. The van der Waals surface area contributed by atoms with Gasteiger partial charge in [-0.05, 0) is 98.0 Å². The number of methoxy groups -OCH3 is 1. The van der Waals surface area contributed by atoms with Crippen LogP contribution in [0.25, 0.3) is 11.1 Å². The highest BCUT2D eigenvalue weighted by atomic mass is 35.5. The lowest BCUT2D eigenvalue weighted by Crippen LogP contribution is -2.46. The Labute approximate surface area is 268 Å². The maximum atomic E-state index is 13.3. The Balaban J connectivity index is 1.42. The van der Waals surface area contributed by atoms with E-state index in [1.807, 2.05) is 0 Å². The molecule has 4 aromatic rings. The average Bonchev–Trinajstić information content (AvgIpc) is 3.02. The van der Waals surface area contributed by atoms with E-state index in [0.29, 0.717) is 29.1 Å². The number of halogens is 1. The summed E-state index contributed by atoms with van der Waals surface area (Å²) in [7, 11) is -2.45. The zero-order valence-electron chi connectivity index (χ0n) is 25.5. The molecule has 236 valence electrons. The number of aliphatic hydroxyl groups excluding tert-OH is 1. The molecule has 0 radical (unpaired) electrons. The van der Waals surface area contributed by atoms with Gasteiger partial charge in [-0.25, -0.2) is 13.2 Å². The molecule has 0 heterocycles. The van der Waals surface area contributed by atoms with Crippen LogP contribution in [-0.4, -0.2) is 50.8 Å². The second kappa shape index (κ2) is 14.4. The van der Waals surface area contributed by atoms with Crippen molar-refractivity contribution in [2.24, 2.45) is 0 Å². The summed E-state index contributed by atoms with van der Waals surface area (Å²) in [5, 5.41) is 14.6. The highest BCUT2D eigenvalue weighted by Crippen LogP contribution is 2.27. The molecule has 0 aromatic heterocycles. The van der Waals surface area contributed by atoms with Crippen LogP contribution in [0.1, 0.15) is 48.4 Å². The van der Waals surface area contributed by atoms with E-state index >= 15 is 0 Å². The number of carbonyl (C=O) groups excluding carboxylic acids is 2. The molecule has 4 rings (SSSR count). The van der Waals surface area contributed by atoms with Crippen LogP contribution < -0.4 is 5.32 Å². The molecular weight excluding hydrogens is 614 g/mol. The topological polar surface area (TPSA) is 119 Å². The molecule has 4 aromatic carbocycles. The summed E-state index contributed by atoms with van der Waals surface area (Å²) in [5.41, 5.74) is 2.64. The van der Waals surface area contributed by atoms with Crippen LogP contribution in [0.3, 0.4) is 0 Å². The van der Waals surface area contributed by atoms with Crippen molar-refractivity contribution in [3.63, 3.8) is 0 Å². The summed E-state index contributed by atoms with van der Waals surface area (Å²) < 4.78 is 36.9. The molecule has 0 bridgehead atoms. The van der Waals surface area contributed by atoms with Crippen molar-refractivity contribution < 1.29 is 32.6 Å². The van der Waals surface area contributed by atoms with E-state index in [1.165, 1.54) is 7.11 Å². The fraction of sp³-hybridized carbons (Fsp3) is 0.257. The molecule has 0 aliphatic carbocycles. The minimum absolute atomic E-state index is 0.150. The molecule has 0 saturated heterocycles. The summed E-state index contributed by atoms with van der Waals surface area (Å²) in [6.07, 6.45) is -0.734. The quantitative estimate of drug-likeness (QED) is 0.184. The molecule has 0 aliphatic heterocycles.